The van der Waals surface area contributed by atoms with Gasteiger partial charge in [-0.1, -0.05) is 19.3 Å². The lowest BCUT2D eigenvalue weighted by molar-refractivity contribution is -0.118. The predicted octanol–water partition coefficient (Wildman–Crippen LogP) is 2.99. The Kier molecular flexibility index (Phi) is 2.61. The molecule has 1 heterocycles. The van der Waals surface area contributed by atoms with Crippen molar-refractivity contribution < 1.29 is 4.79 Å². The smallest absolute Gasteiger partial charge is 0.228 e. The zero-order valence-corrected chi connectivity index (χ0v) is 9.98. The Hall–Kier alpha value is -1.38. The van der Waals surface area contributed by atoms with Crippen LogP contribution in [0.5, 0.6) is 0 Å². The molecular weight excluding hydrogens is 212 g/mol. The number of nitrogens with zero attached hydrogens (tertiary/aromatic N) is 1. The summed E-state index contributed by atoms with van der Waals surface area (Å²) in [6.45, 7) is 0. The molecule has 17 heavy (non-hydrogen) atoms. The molecule has 0 unspecified atom stereocenters. The highest BCUT2D eigenvalue weighted by Gasteiger charge is 2.57. The third kappa shape index (κ3) is 2.06. The molecule has 2 aliphatic carbocycles. The third-order valence-corrected chi connectivity index (χ3v) is 4.28. The number of carbonyl (C=O) groups excluding carboxylic acids is 1. The monoisotopic (exact) mass is 230 g/mol. The molecule has 1 spiro atoms. The van der Waals surface area contributed by atoms with E-state index in [9.17, 15) is 4.79 Å². The van der Waals surface area contributed by atoms with E-state index in [2.05, 4.69) is 10.3 Å². The van der Waals surface area contributed by atoms with Gasteiger partial charge in [-0.15, -0.1) is 0 Å². The van der Waals surface area contributed by atoms with Crippen molar-refractivity contribution in [2.75, 3.05) is 5.32 Å². The average molecular weight is 230 g/mol. The van der Waals surface area contributed by atoms with Crippen molar-refractivity contribution >= 4 is 11.6 Å². The van der Waals surface area contributed by atoms with Gasteiger partial charge < -0.3 is 5.32 Å². The zero-order chi connectivity index (χ0) is 11.7. The SMILES string of the molecule is O=C(Nc1cccnc1)[C@@H]1CC12CCCCC2. The fourth-order valence-electron chi connectivity index (χ4n) is 3.19. The molecule has 1 aromatic rings. The molecule has 90 valence electrons. The Morgan fingerprint density at radius 3 is 2.88 bits per heavy atom. The Labute approximate surface area is 102 Å². The minimum absolute atomic E-state index is 0.194. The third-order valence-electron chi connectivity index (χ3n) is 4.28. The predicted molar refractivity (Wildman–Crippen MR) is 66.5 cm³/mol. The molecule has 1 atom stereocenters. The molecule has 0 radical (unpaired) electrons. The fourth-order valence-corrected chi connectivity index (χ4v) is 3.19. The molecule has 1 amide bonds. The summed E-state index contributed by atoms with van der Waals surface area (Å²) in [6.07, 6.45) is 11.0. The van der Waals surface area contributed by atoms with Gasteiger partial charge in [0.15, 0.2) is 0 Å². The summed E-state index contributed by atoms with van der Waals surface area (Å²) in [5.74, 6) is 0.447. The number of hydrogen-bond donors (Lipinski definition) is 1. The van der Waals surface area contributed by atoms with Crippen molar-refractivity contribution in [3.05, 3.63) is 24.5 Å². The van der Waals surface area contributed by atoms with E-state index in [1.54, 1.807) is 12.4 Å². The highest BCUT2D eigenvalue weighted by molar-refractivity contribution is 5.94. The minimum Gasteiger partial charge on any atom is -0.324 e. The maximum absolute atomic E-state index is 12.1. The summed E-state index contributed by atoms with van der Waals surface area (Å²) in [7, 11) is 0. The second-order valence-electron chi connectivity index (χ2n) is 5.41. The fraction of sp³-hybridized carbons (Fsp3) is 0.571. The van der Waals surface area contributed by atoms with Gasteiger partial charge in [-0.05, 0) is 36.8 Å². The van der Waals surface area contributed by atoms with Gasteiger partial charge >= 0.3 is 0 Å². The van der Waals surface area contributed by atoms with Gasteiger partial charge in [-0.2, -0.15) is 0 Å². The van der Waals surface area contributed by atoms with E-state index in [4.69, 9.17) is 0 Å². The maximum atomic E-state index is 12.1. The van der Waals surface area contributed by atoms with Crippen LogP contribution in [0, 0.1) is 11.3 Å². The summed E-state index contributed by atoms with van der Waals surface area (Å²) >= 11 is 0. The molecule has 3 rings (SSSR count). The Bertz CT molecular complexity index is 409. The summed E-state index contributed by atoms with van der Waals surface area (Å²) in [5.41, 5.74) is 1.18. The van der Waals surface area contributed by atoms with Crippen LogP contribution >= 0.6 is 0 Å². The summed E-state index contributed by atoms with van der Waals surface area (Å²) in [6, 6.07) is 3.74. The topological polar surface area (TPSA) is 42.0 Å². The molecule has 2 saturated carbocycles. The van der Waals surface area contributed by atoms with E-state index in [0.717, 1.165) is 12.1 Å². The highest BCUT2D eigenvalue weighted by Crippen LogP contribution is 2.61. The zero-order valence-electron chi connectivity index (χ0n) is 9.98. The minimum atomic E-state index is 0.194. The van der Waals surface area contributed by atoms with E-state index in [1.165, 1.54) is 32.1 Å². The average Bonchev–Trinajstić information content (AvgIpc) is 3.05. The van der Waals surface area contributed by atoms with Crippen LogP contribution in [0.15, 0.2) is 24.5 Å². The Morgan fingerprint density at radius 2 is 2.18 bits per heavy atom. The molecule has 0 bridgehead atoms. The Balaban J connectivity index is 1.61. The molecule has 3 heteroatoms. The quantitative estimate of drug-likeness (QED) is 0.848. The number of amides is 1. The number of nitrogens with one attached hydrogen (secondary N) is 1. The molecule has 0 saturated heterocycles. The lowest BCUT2D eigenvalue weighted by Gasteiger charge is -2.22. The highest BCUT2D eigenvalue weighted by atomic mass is 16.2. The normalized spacial score (nSPS) is 25.5. The van der Waals surface area contributed by atoms with E-state index in [1.807, 2.05) is 12.1 Å². The second-order valence-corrected chi connectivity index (χ2v) is 5.41. The van der Waals surface area contributed by atoms with Crippen LogP contribution in [0.25, 0.3) is 0 Å². The van der Waals surface area contributed by atoms with E-state index in [0.29, 0.717) is 5.41 Å². The summed E-state index contributed by atoms with van der Waals surface area (Å²) in [5, 5.41) is 2.97. The summed E-state index contributed by atoms with van der Waals surface area (Å²) in [4.78, 5) is 16.1. The van der Waals surface area contributed by atoms with Crippen LogP contribution in [0.3, 0.4) is 0 Å². The second kappa shape index (κ2) is 4.13. The number of hydrogen-bond acceptors (Lipinski definition) is 2. The van der Waals surface area contributed by atoms with E-state index < -0.39 is 0 Å². The van der Waals surface area contributed by atoms with Gasteiger partial charge in [0.2, 0.25) is 5.91 Å². The largest absolute Gasteiger partial charge is 0.324 e. The van der Waals surface area contributed by atoms with Gasteiger partial charge in [0.25, 0.3) is 0 Å². The van der Waals surface area contributed by atoms with Crippen molar-refractivity contribution in [3.8, 4) is 0 Å². The van der Waals surface area contributed by atoms with Crippen LogP contribution in [-0.2, 0) is 4.79 Å². The van der Waals surface area contributed by atoms with Crippen molar-refractivity contribution in [2.24, 2.45) is 11.3 Å². The van der Waals surface area contributed by atoms with Crippen LogP contribution < -0.4 is 5.32 Å². The first kappa shape index (κ1) is 10.8. The van der Waals surface area contributed by atoms with Crippen molar-refractivity contribution in [2.45, 2.75) is 38.5 Å². The number of rotatable bonds is 2. The number of pyridine rings is 1. The van der Waals surface area contributed by atoms with Crippen LogP contribution in [0.1, 0.15) is 38.5 Å². The standard InChI is InChI=1S/C14H18N2O/c17-13(16-11-5-4-8-15-10-11)12-9-14(12)6-2-1-3-7-14/h4-5,8,10,12H,1-3,6-7,9H2,(H,16,17)/t12-/m0/s1. The van der Waals surface area contributed by atoms with Crippen molar-refractivity contribution in [1.82, 2.24) is 4.98 Å². The first-order chi connectivity index (χ1) is 8.30. The number of carbonyl (C=O) groups is 1. The van der Waals surface area contributed by atoms with E-state index in [-0.39, 0.29) is 11.8 Å². The van der Waals surface area contributed by atoms with Gasteiger partial charge in [0.1, 0.15) is 0 Å². The molecule has 1 aromatic heterocycles. The maximum Gasteiger partial charge on any atom is 0.228 e. The van der Waals surface area contributed by atoms with Gasteiger partial charge in [0.05, 0.1) is 11.9 Å². The summed E-state index contributed by atoms with van der Waals surface area (Å²) < 4.78 is 0. The lowest BCUT2D eigenvalue weighted by atomic mass is 9.84. The lowest BCUT2D eigenvalue weighted by Crippen LogP contribution is -2.20. The molecule has 0 aromatic carbocycles. The van der Waals surface area contributed by atoms with Crippen LogP contribution in [0.2, 0.25) is 0 Å². The van der Waals surface area contributed by atoms with Gasteiger partial charge in [-0.25, -0.2) is 0 Å². The number of aromatic nitrogens is 1. The van der Waals surface area contributed by atoms with Gasteiger partial charge in [0, 0.05) is 12.1 Å². The molecule has 1 N–H and O–H groups in total. The number of anilines is 1. The van der Waals surface area contributed by atoms with Crippen molar-refractivity contribution in [3.63, 3.8) is 0 Å². The Morgan fingerprint density at radius 1 is 1.35 bits per heavy atom. The molecular formula is C14H18N2O. The molecule has 2 fully saturated rings. The van der Waals surface area contributed by atoms with Crippen LogP contribution in [-0.4, -0.2) is 10.9 Å². The molecule has 3 nitrogen and oxygen atoms in total. The van der Waals surface area contributed by atoms with Gasteiger partial charge in [-0.3, -0.25) is 9.78 Å². The first-order valence-electron chi connectivity index (χ1n) is 6.51. The van der Waals surface area contributed by atoms with Crippen LogP contribution in [0.4, 0.5) is 5.69 Å². The first-order valence-corrected chi connectivity index (χ1v) is 6.51. The molecule has 0 aliphatic heterocycles. The van der Waals surface area contributed by atoms with E-state index >= 15 is 0 Å². The molecule has 2 aliphatic rings. The van der Waals surface area contributed by atoms with Crippen molar-refractivity contribution in [1.29, 1.82) is 0 Å².